The maximum absolute atomic E-state index is 12.4. The molecular weight excluding hydrogens is 326 g/mol. The highest BCUT2D eigenvalue weighted by Crippen LogP contribution is 2.40. The van der Waals surface area contributed by atoms with Gasteiger partial charge in [-0.05, 0) is 37.0 Å². The van der Waals surface area contributed by atoms with Gasteiger partial charge in [-0.1, -0.05) is 20.8 Å². The van der Waals surface area contributed by atoms with Crippen LogP contribution in [0, 0.1) is 37.5 Å². The summed E-state index contributed by atoms with van der Waals surface area (Å²) in [5.74, 6) is 0.162. The molecule has 1 N–H and O–H groups in total. The lowest BCUT2D eigenvalue weighted by molar-refractivity contribution is -0.394. The van der Waals surface area contributed by atoms with Crippen molar-refractivity contribution in [1.82, 2.24) is 0 Å². The number of hydrogen-bond donors (Lipinski definition) is 1. The molecule has 1 aromatic carbocycles. The van der Waals surface area contributed by atoms with Crippen LogP contribution in [0.25, 0.3) is 0 Å². The molecule has 0 aliphatic heterocycles. The molecule has 1 aromatic rings. The van der Waals surface area contributed by atoms with Gasteiger partial charge in [0.25, 0.3) is 11.4 Å². The lowest BCUT2D eigenvalue weighted by atomic mass is 9.69. The molecule has 0 atom stereocenters. The fourth-order valence-electron chi connectivity index (χ4n) is 3.34. The van der Waals surface area contributed by atoms with Gasteiger partial charge in [0, 0.05) is 18.1 Å². The Morgan fingerprint density at radius 1 is 1.00 bits per heavy atom. The lowest BCUT2D eigenvalue weighted by Gasteiger charge is -2.36. The van der Waals surface area contributed by atoms with Crippen molar-refractivity contribution in [3.63, 3.8) is 0 Å². The molecule has 136 valence electrons. The van der Waals surface area contributed by atoms with Gasteiger partial charge in [-0.2, -0.15) is 0 Å². The van der Waals surface area contributed by atoms with Crippen molar-refractivity contribution < 1.29 is 14.6 Å². The van der Waals surface area contributed by atoms with Crippen molar-refractivity contribution in [2.45, 2.75) is 46.5 Å². The van der Waals surface area contributed by atoms with E-state index in [-0.39, 0.29) is 22.9 Å². The SMILES string of the molecule is CC(C)(C)[C@H]1CC[C@H](C(=O)Nc2cc([N+](=O)[O-])cc([N+](=O)[O-])c2)CC1. The summed E-state index contributed by atoms with van der Waals surface area (Å²) in [6.07, 6.45) is 3.42. The van der Waals surface area contributed by atoms with Gasteiger partial charge in [0.2, 0.25) is 5.91 Å². The minimum Gasteiger partial charge on any atom is -0.325 e. The zero-order valence-corrected chi connectivity index (χ0v) is 14.7. The molecule has 1 amide bonds. The van der Waals surface area contributed by atoms with E-state index in [1.165, 1.54) is 0 Å². The van der Waals surface area contributed by atoms with Crippen LogP contribution in [0.4, 0.5) is 17.1 Å². The number of nitro groups is 2. The fourth-order valence-corrected chi connectivity index (χ4v) is 3.34. The van der Waals surface area contributed by atoms with Gasteiger partial charge in [0.05, 0.1) is 21.6 Å². The second-order valence-electron chi connectivity index (χ2n) is 7.66. The first kappa shape index (κ1) is 18.8. The third-order valence-corrected chi connectivity index (χ3v) is 4.91. The molecule has 1 saturated carbocycles. The summed E-state index contributed by atoms with van der Waals surface area (Å²) in [5, 5.41) is 24.4. The normalized spacial score (nSPS) is 20.8. The van der Waals surface area contributed by atoms with Gasteiger partial charge in [0.15, 0.2) is 0 Å². The summed E-state index contributed by atoms with van der Waals surface area (Å²) in [7, 11) is 0. The van der Waals surface area contributed by atoms with Crippen LogP contribution in [0.15, 0.2) is 18.2 Å². The number of benzene rings is 1. The Morgan fingerprint density at radius 3 is 1.88 bits per heavy atom. The highest BCUT2D eigenvalue weighted by atomic mass is 16.6. The number of rotatable bonds is 4. The molecule has 2 rings (SSSR count). The first-order chi connectivity index (χ1) is 11.6. The van der Waals surface area contributed by atoms with E-state index in [1.807, 2.05) is 0 Å². The average Bonchev–Trinajstić information content (AvgIpc) is 2.53. The van der Waals surface area contributed by atoms with Crippen LogP contribution in [0.2, 0.25) is 0 Å². The molecule has 1 fully saturated rings. The van der Waals surface area contributed by atoms with Crippen LogP contribution in [-0.4, -0.2) is 15.8 Å². The summed E-state index contributed by atoms with van der Waals surface area (Å²) in [6, 6.07) is 3.17. The van der Waals surface area contributed by atoms with Crippen molar-refractivity contribution in [2.24, 2.45) is 17.3 Å². The first-order valence-corrected chi connectivity index (χ1v) is 8.32. The number of carbonyl (C=O) groups excluding carboxylic acids is 1. The number of nitrogens with zero attached hydrogens (tertiary/aromatic N) is 2. The minimum atomic E-state index is -0.711. The molecule has 0 radical (unpaired) electrons. The molecule has 25 heavy (non-hydrogen) atoms. The van der Waals surface area contributed by atoms with Gasteiger partial charge < -0.3 is 5.32 Å². The molecule has 0 saturated heterocycles. The second-order valence-corrected chi connectivity index (χ2v) is 7.66. The van der Waals surface area contributed by atoms with Crippen LogP contribution in [0.5, 0.6) is 0 Å². The highest BCUT2D eigenvalue weighted by molar-refractivity contribution is 5.93. The Kier molecular flexibility index (Phi) is 5.39. The number of non-ortho nitro benzene ring substituents is 2. The van der Waals surface area contributed by atoms with E-state index < -0.39 is 21.2 Å². The molecule has 0 unspecified atom stereocenters. The highest BCUT2D eigenvalue weighted by Gasteiger charge is 2.32. The van der Waals surface area contributed by atoms with E-state index in [4.69, 9.17) is 0 Å². The Balaban J connectivity index is 2.08. The lowest BCUT2D eigenvalue weighted by Crippen LogP contribution is -2.31. The molecule has 0 aromatic heterocycles. The van der Waals surface area contributed by atoms with Crippen LogP contribution in [-0.2, 0) is 4.79 Å². The molecule has 1 aliphatic carbocycles. The van der Waals surface area contributed by atoms with E-state index in [9.17, 15) is 25.0 Å². The summed E-state index contributed by atoms with van der Waals surface area (Å²) in [6.45, 7) is 6.58. The molecule has 8 heteroatoms. The third kappa shape index (κ3) is 4.74. The minimum absolute atomic E-state index is 0.0869. The van der Waals surface area contributed by atoms with E-state index in [1.54, 1.807) is 0 Å². The van der Waals surface area contributed by atoms with E-state index in [0.717, 1.165) is 43.9 Å². The van der Waals surface area contributed by atoms with Gasteiger partial charge in [-0.15, -0.1) is 0 Å². The van der Waals surface area contributed by atoms with Gasteiger partial charge in [-0.3, -0.25) is 25.0 Å². The molecule has 0 spiro atoms. The van der Waals surface area contributed by atoms with E-state index in [0.29, 0.717) is 5.92 Å². The molecule has 1 aliphatic rings. The van der Waals surface area contributed by atoms with E-state index >= 15 is 0 Å². The number of anilines is 1. The summed E-state index contributed by atoms with van der Waals surface area (Å²) in [4.78, 5) is 32.8. The number of nitro benzene ring substituents is 2. The molecule has 8 nitrogen and oxygen atoms in total. The van der Waals surface area contributed by atoms with Crippen LogP contribution < -0.4 is 5.32 Å². The largest absolute Gasteiger partial charge is 0.325 e. The quantitative estimate of drug-likeness (QED) is 0.643. The molecular formula is C17H23N3O5. The Hall–Kier alpha value is -2.51. The number of hydrogen-bond acceptors (Lipinski definition) is 5. The monoisotopic (exact) mass is 349 g/mol. The van der Waals surface area contributed by atoms with Crippen molar-refractivity contribution in [2.75, 3.05) is 5.32 Å². The predicted octanol–water partition coefficient (Wildman–Crippen LogP) is 4.29. The summed E-state index contributed by atoms with van der Waals surface area (Å²) >= 11 is 0. The van der Waals surface area contributed by atoms with Crippen LogP contribution in [0.3, 0.4) is 0 Å². The third-order valence-electron chi connectivity index (χ3n) is 4.91. The van der Waals surface area contributed by atoms with Gasteiger partial charge in [0.1, 0.15) is 0 Å². The van der Waals surface area contributed by atoms with Crippen molar-refractivity contribution in [1.29, 1.82) is 0 Å². The topological polar surface area (TPSA) is 115 Å². The second kappa shape index (κ2) is 7.16. The average molecular weight is 349 g/mol. The zero-order chi connectivity index (χ0) is 18.8. The number of carbonyl (C=O) groups is 1. The van der Waals surface area contributed by atoms with Crippen molar-refractivity contribution in [3.05, 3.63) is 38.4 Å². The smallest absolute Gasteiger partial charge is 0.278 e. The predicted molar refractivity (Wildman–Crippen MR) is 93.3 cm³/mol. The van der Waals surface area contributed by atoms with Crippen molar-refractivity contribution >= 4 is 23.0 Å². The number of nitrogens with one attached hydrogen (secondary N) is 1. The summed E-state index contributed by atoms with van der Waals surface area (Å²) < 4.78 is 0. The Morgan fingerprint density at radius 2 is 1.48 bits per heavy atom. The zero-order valence-electron chi connectivity index (χ0n) is 14.7. The molecule has 0 bridgehead atoms. The Bertz CT molecular complexity index is 656. The van der Waals surface area contributed by atoms with E-state index in [2.05, 4.69) is 26.1 Å². The van der Waals surface area contributed by atoms with Gasteiger partial charge >= 0.3 is 0 Å². The summed E-state index contributed by atoms with van der Waals surface area (Å²) in [5.41, 5.74) is -0.534. The van der Waals surface area contributed by atoms with Crippen molar-refractivity contribution in [3.8, 4) is 0 Å². The maximum Gasteiger partial charge on any atom is 0.278 e. The first-order valence-electron chi connectivity index (χ1n) is 8.32. The van der Waals surface area contributed by atoms with Crippen LogP contribution in [0.1, 0.15) is 46.5 Å². The fraction of sp³-hybridized carbons (Fsp3) is 0.588. The Labute approximate surface area is 145 Å². The standard InChI is InChI=1S/C17H23N3O5/c1-17(2,3)12-6-4-11(5-7-12)16(21)18-13-8-14(19(22)23)10-15(9-13)20(24)25/h8-12H,4-7H2,1-3H3,(H,18,21)/t11-,12-. The van der Waals surface area contributed by atoms with Gasteiger partial charge in [-0.25, -0.2) is 0 Å². The van der Waals surface area contributed by atoms with Crippen LogP contribution >= 0.6 is 0 Å². The maximum atomic E-state index is 12.4. The number of amides is 1. The molecule has 0 heterocycles.